The van der Waals surface area contributed by atoms with Gasteiger partial charge in [-0.1, -0.05) is 27.7 Å². The van der Waals surface area contributed by atoms with Crippen LogP contribution in [0.4, 0.5) is 0 Å². The Balaban J connectivity index is 2.07. The molecule has 1 heterocycles. The van der Waals surface area contributed by atoms with Crippen LogP contribution in [0.3, 0.4) is 0 Å². The normalized spacial score (nSPS) is 32.1. The average molecular weight is 282 g/mol. The summed E-state index contributed by atoms with van der Waals surface area (Å²) < 4.78 is 5.89. The number of carbonyl (C=O) groups excluding carboxylic acids is 1. The van der Waals surface area contributed by atoms with Crippen molar-refractivity contribution in [3.8, 4) is 0 Å². The van der Waals surface area contributed by atoms with E-state index in [2.05, 4.69) is 19.2 Å². The zero-order valence-electron chi connectivity index (χ0n) is 13.4. The lowest BCUT2D eigenvalue weighted by Crippen LogP contribution is -2.71. The SMILES string of the molecule is CCC(CC)(CN)C(=O)NC1C2CCCOC2C1(C)C. The molecule has 2 fully saturated rings. The minimum absolute atomic E-state index is 0.0303. The molecule has 4 nitrogen and oxygen atoms in total. The van der Waals surface area contributed by atoms with Crippen molar-refractivity contribution in [3.05, 3.63) is 0 Å². The van der Waals surface area contributed by atoms with Crippen molar-refractivity contribution < 1.29 is 9.53 Å². The largest absolute Gasteiger partial charge is 0.377 e. The highest BCUT2D eigenvalue weighted by Gasteiger charge is 2.59. The van der Waals surface area contributed by atoms with E-state index < -0.39 is 5.41 Å². The number of fused-ring (bicyclic) bond motifs is 1. The number of hydrogen-bond donors (Lipinski definition) is 2. The lowest BCUT2D eigenvalue weighted by atomic mass is 9.55. The van der Waals surface area contributed by atoms with Gasteiger partial charge in [-0.2, -0.15) is 0 Å². The lowest BCUT2D eigenvalue weighted by Gasteiger charge is -2.60. The van der Waals surface area contributed by atoms with E-state index in [4.69, 9.17) is 10.5 Å². The summed E-state index contributed by atoms with van der Waals surface area (Å²) in [6.45, 7) is 9.78. The van der Waals surface area contributed by atoms with Gasteiger partial charge in [-0.3, -0.25) is 4.79 Å². The summed E-state index contributed by atoms with van der Waals surface area (Å²) in [4.78, 5) is 12.7. The molecule has 0 spiro atoms. The van der Waals surface area contributed by atoms with Gasteiger partial charge in [0.15, 0.2) is 0 Å². The topological polar surface area (TPSA) is 64.4 Å². The Morgan fingerprint density at radius 3 is 2.60 bits per heavy atom. The summed E-state index contributed by atoms with van der Waals surface area (Å²) in [5, 5.41) is 3.30. The molecule has 1 aliphatic carbocycles. The second-order valence-corrected chi connectivity index (χ2v) is 7.06. The van der Waals surface area contributed by atoms with E-state index in [0.29, 0.717) is 18.6 Å². The van der Waals surface area contributed by atoms with Crippen LogP contribution in [0, 0.1) is 16.7 Å². The van der Waals surface area contributed by atoms with Gasteiger partial charge in [-0.05, 0) is 25.7 Å². The maximum Gasteiger partial charge on any atom is 0.227 e. The van der Waals surface area contributed by atoms with Crippen molar-refractivity contribution in [1.82, 2.24) is 5.32 Å². The minimum atomic E-state index is -0.406. The fourth-order valence-electron chi connectivity index (χ4n) is 4.06. The van der Waals surface area contributed by atoms with Crippen molar-refractivity contribution in [2.75, 3.05) is 13.2 Å². The first kappa shape index (κ1) is 15.8. The maximum absolute atomic E-state index is 12.7. The van der Waals surface area contributed by atoms with E-state index in [9.17, 15) is 4.79 Å². The molecule has 20 heavy (non-hydrogen) atoms. The van der Waals surface area contributed by atoms with E-state index in [1.165, 1.54) is 0 Å². The predicted octanol–water partition coefficient (Wildman–Crippen LogP) is 2.07. The second kappa shape index (κ2) is 5.64. The van der Waals surface area contributed by atoms with E-state index >= 15 is 0 Å². The standard InChI is InChI=1S/C16H30N2O2/c1-5-16(6-2,10-17)14(19)18-12-11-8-7-9-20-13(11)15(12,3)4/h11-13H,5-10,17H2,1-4H3,(H,18,19). The molecule has 1 saturated heterocycles. The number of ether oxygens (including phenoxy) is 1. The average Bonchev–Trinajstić information content (AvgIpc) is 2.47. The molecular formula is C16H30N2O2. The van der Waals surface area contributed by atoms with Gasteiger partial charge in [0.2, 0.25) is 5.91 Å². The van der Waals surface area contributed by atoms with Crippen LogP contribution < -0.4 is 11.1 Å². The number of nitrogens with one attached hydrogen (secondary N) is 1. The fraction of sp³-hybridized carbons (Fsp3) is 0.938. The molecule has 0 aromatic carbocycles. The van der Waals surface area contributed by atoms with Crippen LogP contribution in [0.1, 0.15) is 53.4 Å². The van der Waals surface area contributed by atoms with Gasteiger partial charge in [0.05, 0.1) is 11.5 Å². The van der Waals surface area contributed by atoms with Crippen LogP contribution >= 0.6 is 0 Å². The molecule has 1 amide bonds. The number of nitrogens with two attached hydrogens (primary N) is 1. The smallest absolute Gasteiger partial charge is 0.227 e. The highest BCUT2D eigenvalue weighted by molar-refractivity contribution is 5.83. The number of rotatable bonds is 5. The van der Waals surface area contributed by atoms with Gasteiger partial charge in [0.25, 0.3) is 0 Å². The van der Waals surface area contributed by atoms with Crippen LogP contribution in [0.5, 0.6) is 0 Å². The molecule has 3 atom stereocenters. The van der Waals surface area contributed by atoms with Gasteiger partial charge in [0, 0.05) is 30.5 Å². The summed E-state index contributed by atoms with van der Waals surface area (Å²) in [6, 6.07) is 0.226. The monoisotopic (exact) mass is 282 g/mol. The van der Waals surface area contributed by atoms with Crippen LogP contribution in [0.15, 0.2) is 0 Å². The molecule has 1 aliphatic heterocycles. The molecule has 4 heteroatoms. The first-order chi connectivity index (χ1) is 9.43. The Morgan fingerprint density at radius 1 is 1.40 bits per heavy atom. The van der Waals surface area contributed by atoms with Crippen LogP contribution in [-0.2, 0) is 9.53 Å². The molecule has 116 valence electrons. The Hall–Kier alpha value is -0.610. The van der Waals surface area contributed by atoms with Crippen LogP contribution in [-0.4, -0.2) is 31.2 Å². The molecule has 2 aliphatic rings. The summed E-state index contributed by atoms with van der Waals surface area (Å²) in [6.07, 6.45) is 4.16. The Bertz CT molecular complexity index is 355. The highest BCUT2D eigenvalue weighted by Crippen LogP contribution is 2.51. The molecule has 1 saturated carbocycles. The Kier molecular flexibility index (Phi) is 4.45. The summed E-state index contributed by atoms with van der Waals surface area (Å²) in [5.74, 6) is 0.610. The van der Waals surface area contributed by atoms with Gasteiger partial charge in [-0.15, -0.1) is 0 Å². The molecule has 3 unspecified atom stereocenters. The van der Waals surface area contributed by atoms with Crippen molar-refractivity contribution in [2.45, 2.75) is 65.5 Å². The minimum Gasteiger partial charge on any atom is -0.377 e. The zero-order chi connectivity index (χ0) is 15.0. The van der Waals surface area contributed by atoms with Gasteiger partial charge in [-0.25, -0.2) is 0 Å². The lowest BCUT2D eigenvalue weighted by molar-refractivity contribution is -0.195. The third-order valence-corrected chi connectivity index (χ3v) is 5.84. The van der Waals surface area contributed by atoms with E-state index in [1.807, 2.05) is 13.8 Å². The molecule has 0 bridgehead atoms. The first-order valence-corrected chi connectivity index (χ1v) is 8.05. The summed E-state index contributed by atoms with van der Waals surface area (Å²) >= 11 is 0. The zero-order valence-corrected chi connectivity index (χ0v) is 13.4. The van der Waals surface area contributed by atoms with Crippen molar-refractivity contribution in [3.63, 3.8) is 0 Å². The summed E-state index contributed by atoms with van der Waals surface area (Å²) in [5.41, 5.74) is 5.50. The molecule has 0 aromatic rings. The Labute approximate surface area is 122 Å². The third-order valence-electron chi connectivity index (χ3n) is 5.84. The first-order valence-electron chi connectivity index (χ1n) is 8.05. The van der Waals surface area contributed by atoms with E-state index in [0.717, 1.165) is 32.3 Å². The number of hydrogen-bond acceptors (Lipinski definition) is 3. The molecule has 2 rings (SSSR count). The summed E-state index contributed by atoms with van der Waals surface area (Å²) in [7, 11) is 0. The highest BCUT2D eigenvalue weighted by atomic mass is 16.5. The van der Waals surface area contributed by atoms with Crippen molar-refractivity contribution in [2.24, 2.45) is 22.5 Å². The molecule has 3 N–H and O–H groups in total. The fourth-order valence-corrected chi connectivity index (χ4v) is 4.06. The van der Waals surface area contributed by atoms with Crippen LogP contribution in [0.25, 0.3) is 0 Å². The van der Waals surface area contributed by atoms with Crippen molar-refractivity contribution in [1.29, 1.82) is 0 Å². The van der Waals surface area contributed by atoms with Gasteiger partial charge >= 0.3 is 0 Å². The van der Waals surface area contributed by atoms with Gasteiger partial charge in [0.1, 0.15) is 0 Å². The van der Waals surface area contributed by atoms with Gasteiger partial charge < -0.3 is 15.8 Å². The third kappa shape index (κ3) is 2.27. The van der Waals surface area contributed by atoms with Crippen LogP contribution in [0.2, 0.25) is 0 Å². The molecule has 0 aromatic heterocycles. The Morgan fingerprint density at radius 2 is 2.05 bits per heavy atom. The molecule has 0 radical (unpaired) electrons. The quantitative estimate of drug-likeness (QED) is 0.811. The maximum atomic E-state index is 12.7. The van der Waals surface area contributed by atoms with Crippen molar-refractivity contribution >= 4 is 5.91 Å². The predicted molar refractivity (Wildman–Crippen MR) is 80.2 cm³/mol. The van der Waals surface area contributed by atoms with E-state index in [1.54, 1.807) is 0 Å². The van der Waals surface area contributed by atoms with E-state index in [-0.39, 0.29) is 17.4 Å². The second-order valence-electron chi connectivity index (χ2n) is 7.06. The number of amides is 1. The molecular weight excluding hydrogens is 252 g/mol. The number of carbonyl (C=O) groups is 1.